The van der Waals surface area contributed by atoms with E-state index in [0.29, 0.717) is 25.2 Å². The number of nitrogens with one attached hydrogen (secondary N) is 1. The number of carbonyl (C=O) groups excluding carboxylic acids is 1. The van der Waals surface area contributed by atoms with Gasteiger partial charge >= 0.3 is 0 Å². The van der Waals surface area contributed by atoms with Crippen LogP contribution in [0.25, 0.3) is 0 Å². The summed E-state index contributed by atoms with van der Waals surface area (Å²) in [4.78, 5) is 12.3. The lowest BCUT2D eigenvalue weighted by molar-refractivity contribution is 0.0953. The molecule has 1 aromatic rings. The molecule has 1 N–H and O–H groups in total. The van der Waals surface area contributed by atoms with Gasteiger partial charge in [-0.2, -0.15) is 4.31 Å². The number of rotatable bonds is 7. The Bertz CT molecular complexity index is 605. The number of amides is 1. The van der Waals surface area contributed by atoms with Gasteiger partial charge in [-0.15, -0.1) is 0 Å². The Morgan fingerprint density at radius 1 is 1.09 bits per heavy atom. The molecule has 0 unspecified atom stereocenters. The van der Waals surface area contributed by atoms with Crippen molar-refractivity contribution in [3.63, 3.8) is 0 Å². The molecule has 1 heterocycles. The lowest BCUT2D eigenvalue weighted by atomic mass is 10.2. The molecule has 0 aliphatic carbocycles. The van der Waals surface area contributed by atoms with Crippen LogP contribution in [-0.2, 0) is 10.0 Å². The molecular formula is C17H26N2O3S. The van der Waals surface area contributed by atoms with Crippen LogP contribution >= 0.6 is 0 Å². The summed E-state index contributed by atoms with van der Waals surface area (Å²) in [5.41, 5.74) is 0.499. The minimum atomic E-state index is -3.43. The second-order valence-corrected chi connectivity index (χ2v) is 7.89. The second-order valence-electron chi connectivity index (χ2n) is 5.95. The SMILES string of the molecule is CCCCCNC(=O)c1ccc(S(=O)(=O)N2CCCCC2)cc1. The van der Waals surface area contributed by atoms with E-state index < -0.39 is 10.0 Å². The largest absolute Gasteiger partial charge is 0.352 e. The number of hydrogen-bond acceptors (Lipinski definition) is 3. The van der Waals surface area contributed by atoms with E-state index in [1.807, 2.05) is 0 Å². The van der Waals surface area contributed by atoms with Gasteiger partial charge in [-0.1, -0.05) is 26.2 Å². The number of unbranched alkanes of at least 4 members (excludes halogenated alkanes) is 2. The standard InChI is InChI=1S/C17H26N2O3S/c1-2-3-5-12-18-17(20)15-8-10-16(11-9-15)23(21,22)19-13-6-4-7-14-19/h8-11H,2-7,12-14H2,1H3,(H,18,20). The molecule has 0 bridgehead atoms. The third kappa shape index (κ3) is 4.78. The summed E-state index contributed by atoms with van der Waals surface area (Å²) < 4.78 is 26.6. The van der Waals surface area contributed by atoms with E-state index in [1.165, 1.54) is 16.4 Å². The summed E-state index contributed by atoms with van der Waals surface area (Å²) in [6.45, 7) is 3.94. The molecule has 5 nitrogen and oxygen atoms in total. The fourth-order valence-corrected chi connectivity index (χ4v) is 4.23. The van der Waals surface area contributed by atoms with Gasteiger partial charge in [0.2, 0.25) is 10.0 Å². The van der Waals surface area contributed by atoms with Crippen LogP contribution < -0.4 is 5.32 Å². The Hall–Kier alpha value is -1.40. The molecule has 0 radical (unpaired) electrons. The number of nitrogens with zero attached hydrogens (tertiary/aromatic N) is 1. The van der Waals surface area contributed by atoms with Crippen LogP contribution in [0.3, 0.4) is 0 Å². The highest BCUT2D eigenvalue weighted by atomic mass is 32.2. The van der Waals surface area contributed by atoms with Gasteiger partial charge in [0.05, 0.1) is 4.90 Å². The highest BCUT2D eigenvalue weighted by Crippen LogP contribution is 2.20. The Morgan fingerprint density at radius 2 is 1.74 bits per heavy atom. The number of benzene rings is 1. The zero-order valence-electron chi connectivity index (χ0n) is 13.8. The quantitative estimate of drug-likeness (QED) is 0.778. The molecular weight excluding hydrogens is 312 g/mol. The zero-order chi connectivity index (χ0) is 16.7. The molecule has 1 fully saturated rings. The summed E-state index contributed by atoms with van der Waals surface area (Å²) in [7, 11) is -3.43. The molecule has 128 valence electrons. The van der Waals surface area contributed by atoms with E-state index in [2.05, 4.69) is 12.2 Å². The summed E-state index contributed by atoms with van der Waals surface area (Å²) >= 11 is 0. The molecule has 1 aliphatic heterocycles. The Labute approximate surface area is 139 Å². The van der Waals surface area contributed by atoms with Gasteiger partial charge < -0.3 is 5.32 Å². The second kappa shape index (κ2) is 8.45. The van der Waals surface area contributed by atoms with Crippen LogP contribution in [0.15, 0.2) is 29.2 Å². The van der Waals surface area contributed by atoms with Gasteiger partial charge in [0.25, 0.3) is 5.91 Å². The van der Waals surface area contributed by atoms with Crippen molar-refractivity contribution < 1.29 is 13.2 Å². The molecule has 0 aromatic heterocycles. The topological polar surface area (TPSA) is 66.5 Å². The Kier molecular flexibility index (Phi) is 6.59. The van der Waals surface area contributed by atoms with E-state index >= 15 is 0 Å². The highest BCUT2D eigenvalue weighted by Gasteiger charge is 2.25. The number of carbonyl (C=O) groups is 1. The van der Waals surface area contributed by atoms with Gasteiger partial charge in [-0.25, -0.2) is 8.42 Å². The summed E-state index contributed by atoms with van der Waals surface area (Å²) in [5, 5.41) is 2.86. The summed E-state index contributed by atoms with van der Waals surface area (Å²) in [6, 6.07) is 6.24. The normalized spacial score (nSPS) is 16.2. The Balaban J connectivity index is 1.99. The van der Waals surface area contributed by atoms with Crippen LogP contribution in [0.1, 0.15) is 55.8 Å². The predicted molar refractivity (Wildman–Crippen MR) is 90.9 cm³/mol. The maximum atomic E-state index is 12.5. The summed E-state index contributed by atoms with van der Waals surface area (Å²) in [5.74, 6) is -0.150. The fourth-order valence-electron chi connectivity index (χ4n) is 2.71. The first-order chi connectivity index (χ1) is 11.1. The van der Waals surface area contributed by atoms with Gasteiger partial charge in [0, 0.05) is 25.2 Å². The minimum absolute atomic E-state index is 0.150. The van der Waals surface area contributed by atoms with E-state index in [0.717, 1.165) is 38.5 Å². The monoisotopic (exact) mass is 338 g/mol. The van der Waals surface area contributed by atoms with Gasteiger partial charge in [0.15, 0.2) is 0 Å². The maximum absolute atomic E-state index is 12.5. The first kappa shape index (κ1) is 17.9. The van der Waals surface area contributed by atoms with Crippen LogP contribution in [0.5, 0.6) is 0 Å². The van der Waals surface area contributed by atoms with Crippen LogP contribution in [0.4, 0.5) is 0 Å². The number of sulfonamides is 1. The molecule has 0 spiro atoms. The van der Waals surface area contributed by atoms with E-state index in [4.69, 9.17) is 0 Å². The van der Waals surface area contributed by atoms with Crippen LogP contribution in [0, 0.1) is 0 Å². The van der Waals surface area contributed by atoms with E-state index in [-0.39, 0.29) is 10.8 Å². The molecule has 2 rings (SSSR count). The zero-order valence-corrected chi connectivity index (χ0v) is 14.6. The van der Waals surface area contributed by atoms with Crippen molar-refractivity contribution in [2.75, 3.05) is 19.6 Å². The molecule has 6 heteroatoms. The third-order valence-electron chi connectivity index (χ3n) is 4.14. The predicted octanol–water partition coefficient (Wildman–Crippen LogP) is 2.78. The van der Waals surface area contributed by atoms with Crippen molar-refractivity contribution >= 4 is 15.9 Å². The maximum Gasteiger partial charge on any atom is 0.251 e. The van der Waals surface area contributed by atoms with Gasteiger partial charge in [0.1, 0.15) is 0 Å². The number of hydrogen-bond donors (Lipinski definition) is 1. The van der Waals surface area contributed by atoms with Crippen molar-refractivity contribution in [1.29, 1.82) is 0 Å². The first-order valence-corrected chi connectivity index (χ1v) is 9.88. The van der Waals surface area contributed by atoms with Crippen LogP contribution in [-0.4, -0.2) is 38.3 Å². The van der Waals surface area contributed by atoms with Crippen molar-refractivity contribution in [3.05, 3.63) is 29.8 Å². The van der Waals surface area contributed by atoms with E-state index in [1.54, 1.807) is 12.1 Å². The van der Waals surface area contributed by atoms with Crippen molar-refractivity contribution in [1.82, 2.24) is 9.62 Å². The van der Waals surface area contributed by atoms with Crippen molar-refractivity contribution in [3.8, 4) is 0 Å². The number of piperidine rings is 1. The molecule has 0 saturated carbocycles. The van der Waals surface area contributed by atoms with Crippen molar-refractivity contribution in [2.45, 2.75) is 50.3 Å². The third-order valence-corrected chi connectivity index (χ3v) is 6.05. The Morgan fingerprint density at radius 3 is 2.35 bits per heavy atom. The smallest absolute Gasteiger partial charge is 0.251 e. The molecule has 1 saturated heterocycles. The molecule has 23 heavy (non-hydrogen) atoms. The lowest BCUT2D eigenvalue weighted by Crippen LogP contribution is -2.35. The molecule has 1 aliphatic rings. The van der Waals surface area contributed by atoms with Crippen LogP contribution in [0.2, 0.25) is 0 Å². The molecule has 1 amide bonds. The highest BCUT2D eigenvalue weighted by molar-refractivity contribution is 7.89. The average molecular weight is 338 g/mol. The molecule has 1 aromatic carbocycles. The van der Waals surface area contributed by atoms with Gasteiger partial charge in [-0.3, -0.25) is 4.79 Å². The average Bonchev–Trinajstić information content (AvgIpc) is 2.59. The molecule has 0 atom stereocenters. The minimum Gasteiger partial charge on any atom is -0.352 e. The van der Waals surface area contributed by atoms with E-state index in [9.17, 15) is 13.2 Å². The first-order valence-electron chi connectivity index (χ1n) is 8.44. The fraction of sp³-hybridized carbons (Fsp3) is 0.588. The van der Waals surface area contributed by atoms with Crippen molar-refractivity contribution in [2.24, 2.45) is 0 Å². The summed E-state index contributed by atoms with van der Waals surface area (Å²) in [6.07, 6.45) is 6.08. The van der Waals surface area contributed by atoms with Gasteiger partial charge in [-0.05, 0) is 43.5 Å². The lowest BCUT2D eigenvalue weighted by Gasteiger charge is -2.25.